The molecule has 3 aromatic rings. The highest BCUT2D eigenvalue weighted by Gasteiger charge is 2.60. The number of benzene rings is 3. The van der Waals surface area contributed by atoms with Gasteiger partial charge in [0.15, 0.2) is 17.8 Å². The number of anilines is 1. The molecule has 0 radical (unpaired) electrons. The minimum Gasteiger partial charge on any atom is -0.331 e. The molecule has 29 heavy (non-hydrogen) atoms. The zero-order valence-corrected chi connectivity index (χ0v) is 16.5. The van der Waals surface area contributed by atoms with Crippen molar-refractivity contribution in [2.75, 3.05) is 4.90 Å². The van der Waals surface area contributed by atoms with Crippen LogP contribution in [0.1, 0.15) is 37.2 Å². The number of para-hydroxylation sites is 1. The fourth-order valence-corrected chi connectivity index (χ4v) is 4.19. The molecule has 4 rings (SSSR count). The van der Waals surface area contributed by atoms with Crippen molar-refractivity contribution >= 4 is 17.3 Å². The first-order chi connectivity index (χ1) is 14.1. The van der Waals surface area contributed by atoms with Crippen LogP contribution in [0.25, 0.3) is 0 Å². The molecule has 1 heterocycles. The molecule has 1 fully saturated rings. The van der Waals surface area contributed by atoms with Crippen molar-refractivity contribution in [3.8, 4) is 0 Å². The van der Waals surface area contributed by atoms with Crippen LogP contribution in [0, 0.1) is 0 Å². The van der Waals surface area contributed by atoms with Gasteiger partial charge in [-0.15, -0.1) is 0 Å². The van der Waals surface area contributed by atoms with Crippen LogP contribution >= 0.6 is 0 Å². The summed E-state index contributed by atoms with van der Waals surface area (Å²) in [6, 6.07) is 28.6. The summed E-state index contributed by atoms with van der Waals surface area (Å²) in [4.78, 5) is 28.0. The van der Waals surface area contributed by atoms with Crippen molar-refractivity contribution in [2.45, 2.75) is 31.7 Å². The molecule has 146 valence electrons. The zero-order chi connectivity index (χ0) is 20.4. The third-order valence-corrected chi connectivity index (χ3v) is 5.51. The van der Waals surface area contributed by atoms with Crippen molar-refractivity contribution in [1.82, 2.24) is 0 Å². The van der Waals surface area contributed by atoms with Gasteiger partial charge in [-0.25, -0.2) is 0 Å². The number of carbonyl (C=O) groups excluding carboxylic acids is 2. The summed E-state index contributed by atoms with van der Waals surface area (Å²) in [5.41, 5.74) is 1.05. The Kier molecular flexibility index (Phi) is 5.03. The van der Waals surface area contributed by atoms with E-state index < -0.39 is 17.9 Å². The molecule has 0 unspecified atom stereocenters. The Morgan fingerprint density at radius 1 is 0.724 bits per heavy atom. The first-order valence-corrected chi connectivity index (χ1v) is 9.69. The summed E-state index contributed by atoms with van der Waals surface area (Å²) in [5, 5.41) is 0. The monoisotopic (exact) mass is 385 g/mol. The number of nitrogens with zero attached hydrogens (tertiary/aromatic N) is 1. The summed E-state index contributed by atoms with van der Waals surface area (Å²) >= 11 is 0. The fourth-order valence-electron chi connectivity index (χ4n) is 4.19. The molecule has 0 N–H and O–H groups in total. The Morgan fingerprint density at radius 3 is 1.66 bits per heavy atom. The number of hydrogen-bond acceptors (Lipinski definition) is 4. The molecule has 4 nitrogen and oxygen atoms in total. The maximum absolute atomic E-state index is 13.0. The molecule has 0 bridgehead atoms. The highest BCUT2D eigenvalue weighted by atomic mass is 16.6. The Labute approximate surface area is 170 Å². The van der Waals surface area contributed by atoms with Crippen LogP contribution in [-0.4, -0.2) is 17.2 Å². The van der Waals surface area contributed by atoms with Crippen molar-refractivity contribution in [2.24, 2.45) is 0 Å². The molecule has 3 aromatic carbocycles. The smallest absolute Gasteiger partial charge is 0.210 e. The molecular formula is C25H23NO3. The zero-order valence-electron chi connectivity index (χ0n) is 16.5. The van der Waals surface area contributed by atoms with Gasteiger partial charge in [-0.1, -0.05) is 78.9 Å². The molecule has 1 aliphatic rings. The normalized spacial score (nSPS) is 20.4. The van der Waals surface area contributed by atoms with Crippen LogP contribution in [0.15, 0.2) is 91.0 Å². The summed E-state index contributed by atoms with van der Waals surface area (Å²) < 4.78 is 6.42. The third kappa shape index (κ3) is 3.15. The SMILES string of the molecule is CC(=O)C1(C(C)=O)O[C@H](c2ccccc2)N(c2ccccc2)[C@H]1c1ccccc1. The van der Waals surface area contributed by atoms with Crippen molar-refractivity contribution in [3.63, 3.8) is 0 Å². The lowest BCUT2D eigenvalue weighted by Crippen LogP contribution is -2.50. The van der Waals surface area contributed by atoms with Gasteiger partial charge in [0, 0.05) is 11.3 Å². The number of ether oxygens (including phenoxy) is 1. The lowest BCUT2D eigenvalue weighted by molar-refractivity contribution is -0.155. The molecule has 0 aromatic heterocycles. The van der Waals surface area contributed by atoms with E-state index in [-0.39, 0.29) is 11.6 Å². The molecule has 1 saturated heterocycles. The van der Waals surface area contributed by atoms with E-state index in [0.717, 1.165) is 16.8 Å². The number of hydrogen-bond donors (Lipinski definition) is 0. The second kappa shape index (κ2) is 7.64. The van der Waals surface area contributed by atoms with Gasteiger partial charge in [0.1, 0.15) is 6.04 Å². The van der Waals surface area contributed by atoms with Crippen LogP contribution < -0.4 is 4.90 Å². The number of ketones is 2. The summed E-state index contributed by atoms with van der Waals surface area (Å²) in [6.07, 6.45) is -0.573. The molecule has 0 saturated carbocycles. The van der Waals surface area contributed by atoms with Crippen LogP contribution in [-0.2, 0) is 14.3 Å². The highest BCUT2D eigenvalue weighted by molar-refractivity contribution is 6.10. The second-order valence-corrected chi connectivity index (χ2v) is 7.28. The van der Waals surface area contributed by atoms with Gasteiger partial charge in [0.25, 0.3) is 0 Å². The van der Waals surface area contributed by atoms with E-state index in [1.165, 1.54) is 13.8 Å². The fraction of sp³-hybridized carbons (Fsp3) is 0.200. The predicted octanol–water partition coefficient (Wildman–Crippen LogP) is 4.88. The minimum atomic E-state index is -1.59. The average Bonchev–Trinajstić information content (AvgIpc) is 3.13. The van der Waals surface area contributed by atoms with Gasteiger partial charge in [0.05, 0.1) is 0 Å². The first kappa shape index (κ1) is 19.1. The predicted molar refractivity (Wildman–Crippen MR) is 112 cm³/mol. The van der Waals surface area contributed by atoms with Gasteiger partial charge < -0.3 is 9.64 Å². The van der Waals surface area contributed by atoms with Crippen LogP contribution in [0.2, 0.25) is 0 Å². The standard InChI is InChI=1S/C25H23NO3/c1-18(27)25(19(2)28)23(20-12-6-3-7-13-20)26(22-16-10-5-11-17-22)24(29-25)21-14-8-4-9-15-21/h3-17,23-24H,1-2H3/t23-,24+/m0/s1. The molecule has 1 aliphatic heterocycles. The van der Waals surface area contributed by atoms with Crippen molar-refractivity contribution in [1.29, 1.82) is 0 Å². The maximum atomic E-state index is 13.0. The number of Topliss-reactive ketones (excluding diaryl/α,β-unsaturated/α-hetero) is 2. The van der Waals surface area contributed by atoms with Gasteiger partial charge in [-0.3, -0.25) is 9.59 Å². The van der Waals surface area contributed by atoms with E-state index in [0.29, 0.717) is 0 Å². The largest absolute Gasteiger partial charge is 0.331 e. The van der Waals surface area contributed by atoms with Crippen molar-refractivity contribution in [3.05, 3.63) is 102 Å². The minimum absolute atomic E-state index is 0.293. The number of rotatable bonds is 5. The Hall–Kier alpha value is -3.24. The Balaban J connectivity index is 1.99. The molecule has 0 amide bonds. The molecule has 0 spiro atoms. The Bertz CT molecular complexity index is 988. The van der Waals surface area contributed by atoms with Crippen LogP contribution in [0.4, 0.5) is 5.69 Å². The van der Waals surface area contributed by atoms with E-state index in [9.17, 15) is 9.59 Å². The maximum Gasteiger partial charge on any atom is 0.210 e. The van der Waals surface area contributed by atoms with Gasteiger partial charge >= 0.3 is 0 Å². The highest BCUT2D eigenvalue weighted by Crippen LogP contribution is 2.52. The molecule has 2 atom stereocenters. The topological polar surface area (TPSA) is 46.6 Å². The quantitative estimate of drug-likeness (QED) is 0.587. The lowest BCUT2D eigenvalue weighted by atomic mass is 9.82. The van der Waals surface area contributed by atoms with E-state index in [2.05, 4.69) is 0 Å². The van der Waals surface area contributed by atoms with E-state index in [4.69, 9.17) is 4.74 Å². The summed E-state index contributed by atoms with van der Waals surface area (Å²) in [6.45, 7) is 2.88. The average molecular weight is 385 g/mol. The molecular weight excluding hydrogens is 362 g/mol. The van der Waals surface area contributed by atoms with Crippen LogP contribution in [0.5, 0.6) is 0 Å². The van der Waals surface area contributed by atoms with E-state index in [1.807, 2.05) is 95.9 Å². The van der Waals surface area contributed by atoms with Gasteiger partial charge in [-0.2, -0.15) is 0 Å². The lowest BCUT2D eigenvalue weighted by Gasteiger charge is -2.34. The van der Waals surface area contributed by atoms with Crippen molar-refractivity contribution < 1.29 is 14.3 Å². The molecule has 0 aliphatic carbocycles. The Morgan fingerprint density at radius 2 is 1.17 bits per heavy atom. The van der Waals surface area contributed by atoms with E-state index >= 15 is 0 Å². The molecule has 4 heteroatoms. The number of carbonyl (C=O) groups is 2. The summed E-state index contributed by atoms with van der Waals surface area (Å²) in [5.74, 6) is -0.587. The third-order valence-electron chi connectivity index (χ3n) is 5.51. The summed E-state index contributed by atoms with van der Waals surface area (Å²) in [7, 11) is 0. The second-order valence-electron chi connectivity index (χ2n) is 7.28. The van der Waals surface area contributed by atoms with Crippen LogP contribution in [0.3, 0.4) is 0 Å². The van der Waals surface area contributed by atoms with E-state index in [1.54, 1.807) is 0 Å². The van der Waals surface area contributed by atoms with Gasteiger partial charge in [0.2, 0.25) is 5.60 Å². The first-order valence-electron chi connectivity index (χ1n) is 9.69. The van der Waals surface area contributed by atoms with Gasteiger partial charge in [-0.05, 0) is 31.5 Å².